The Balaban J connectivity index is 2.70. The van der Waals surface area contributed by atoms with E-state index >= 15 is 0 Å². The van der Waals surface area contributed by atoms with Gasteiger partial charge in [-0.2, -0.15) is 0 Å². The summed E-state index contributed by atoms with van der Waals surface area (Å²) in [5, 5.41) is 35.3. The molecule has 0 saturated carbocycles. The average molecular weight is 995 g/mol. The molecule has 71 heavy (non-hydrogen) atoms. The molecule has 2 rings (SSSR count). The SMILES string of the molecule is C=C1C(=O)N[C@H](C)C(=O)N[C@@H](C[C@@H](C)CC)C(=O)N[C@@H](C(=O)O)CC(=O)N[C@@H](CCCN=C(N)N)C(=O)N[C@@H](/C=C/C(C)=C/[C@H](C)[C@H](Cc2ccccc2)OC)[C@H](C)C(=O)N[C@@H](C(=O)O)CCC(=O)N1C. The average Bonchev–Trinajstić information content (AvgIpc) is 3.32. The fourth-order valence-corrected chi connectivity index (χ4v) is 7.36. The number of aliphatic imine (C=N–C) groups is 1. The van der Waals surface area contributed by atoms with E-state index in [1.165, 1.54) is 27.0 Å². The molecule has 1 heterocycles. The number of methoxy groups -OCH3 is 1. The number of carbonyl (C=O) groups is 9. The number of hydrogen-bond donors (Lipinski definition) is 10. The van der Waals surface area contributed by atoms with Crippen molar-refractivity contribution in [2.45, 2.75) is 135 Å². The number of nitrogens with zero attached hydrogens (tertiary/aromatic N) is 2. The number of carboxylic acids is 2. The molecule has 22 heteroatoms. The minimum Gasteiger partial charge on any atom is -0.480 e. The normalized spacial score (nSPS) is 24.6. The molecule has 1 aliphatic heterocycles. The van der Waals surface area contributed by atoms with Crippen molar-refractivity contribution in [3.63, 3.8) is 0 Å². The highest BCUT2D eigenvalue weighted by molar-refractivity contribution is 6.00. The van der Waals surface area contributed by atoms with Crippen molar-refractivity contribution in [3.05, 3.63) is 72.0 Å². The van der Waals surface area contributed by atoms with Crippen molar-refractivity contribution in [2.75, 3.05) is 20.7 Å². The molecule has 0 radical (unpaired) electrons. The maximum Gasteiger partial charge on any atom is 0.326 e. The monoisotopic (exact) mass is 995 g/mol. The van der Waals surface area contributed by atoms with E-state index in [-0.39, 0.29) is 49.7 Å². The van der Waals surface area contributed by atoms with Crippen LogP contribution in [0, 0.1) is 17.8 Å². The lowest BCUT2D eigenvalue weighted by Crippen LogP contribution is -2.57. The summed E-state index contributed by atoms with van der Waals surface area (Å²) in [6.45, 7) is 13.8. The molecule has 1 saturated heterocycles. The van der Waals surface area contributed by atoms with Crippen LogP contribution in [0.25, 0.3) is 0 Å². The van der Waals surface area contributed by atoms with Gasteiger partial charge in [0.05, 0.1) is 24.5 Å². The molecule has 10 atom stereocenters. The minimum absolute atomic E-state index is 0.0292. The van der Waals surface area contributed by atoms with Crippen LogP contribution in [-0.4, -0.2) is 137 Å². The number of nitrogens with two attached hydrogens (primary N) is 2. The number of rotatable bonds is 16. The summed E-state index contributed by atoms with van der Waals surface area (Å²) < 4.78 is 5.81. The molecule has 22 nitrogen and oxygen atoms in total. The molecule has 12 N–H and O–H groups in total. The fourth-order valence-electron chi connectivity index (χ4n) is 7.36. The number of benzene rings is 1. The molecular weight excluding hydrogens is 921 g/mol. The van der Waals surface area contributed by atoms with E-state index < -0.39 is 120 Å². The Kier molecular flexibility index (Phi) is 25.2. The summed E-state index contributed by atoms with van der Waals surface area (Å²) in [5.74, 6) is -10.9. The Morgan fingerprint density at radius 3 is 2.10 bits per heavy atom. The molecule has 7 amide bonds. The van der Waals surface area contributed by atoms with Crippen molar-refractivity contribution in [2.24, 2.45) is 34.2 Å². The standard InChI is InChI=1S/C49H74N10O12/c1-10-27(2)24-37-46(66)58-38(48(69)70)26-40(60)54-35(17-14-22-52-49(50)51)45(65)55-34(19-18-28(3)23-29(4)39(71-9)25-33-15-12-11-13-16-33)30(5)42(62)56-36(47(67)68)20-21-41(61)59(8)32(7)44(64)53-31(6)43(63)57-37/h11-13,15-16,18-19,23,27,29-31,34-39H,7,10,14,17,20-22,24-26H2,1-6,8-9H3,(H,53,64)(H,54,60)(H,55,65)(H,56,62)(H,57,63)(H,58,66)(H,67,68)(H,69,70)(H4,50,51,52)/b19-18+,28-23+/t27-,29-,30-,31+,34-,35-,36+,37-,38+,39-/m0/s1. The zero-order chi connectivity index (χ0) is 53.5. The Bertz CT molecular complexity index is 2140. The number of carboxylic acid groups (broad SMARTS) is 2. The van der Waals surface area contributed by atoms with Crippen molar-refractivity contribution in [1.82, 2.24) is 36.8 Å². The highest BCUT2D eigenvalue weighted by atomic mass is 16.5. The molecular formula is C49H74N10O12. The topological polar surface area (TPSA) is 343 Å². The number of guanidine groups is 1. The molecule has 392 valence electrons. The van der Waals surface area contributed by atoms with E-state index in [1.54, 1.807) is 27.0 Å². The van der Waals surface area contributed by atoms with Crippen LogP contribution in [0.15, 0.2) is 71.4 Å². The van der Waals surface area contributed by atoms with Crippen LogP contribution < -0.4 is 43.4 Å². The predicted molar refractivity (Wildman–Crippen MR) is 264 cm³/mol. The first-order chi connectivity index (χ1) is 33.4. The first-order valence-corrected chi connectivity index (χ1v) is 23.6. The second kappa shape index (κ2) is 29.8. The van der Waals surface area contributed by atoms with Crippen LogP contribution >= 0.6 is 0 Å². The first kappa shape index (κ1) is 60.0. The van der Waals surface area contributed by atoms with Gasteiger partial charge in [-0.25, -0.2) is 9.59 Å². The first-order valence-electron chi connectivity index (χ1n) is 23.6. The van der Waals surface area contributed by atoms with Crippen LogP contribution in [0.4, 0.5) is 0 Å². The third-order valence-electron chi connectivity index (χ3n) is 12.1. The van der Waals surface area contributed by atoms with Crippen LogP contribution in [0.1, 0.15) is 92.1 Å². The molecule has 0 spiro atoms. The van der Waals surface area contributed by atoms with Gasteiger partial charge in [-0.05, 0) is 57.4 Å². The molecule has 1 aliphatic rings. The summed E-state index contributed by atoms with van der Waals surface area (Å²) >= 11 is 0. The van der Waals surface area contributed by atoms with Gasteiger partial charge in [0.1, 0.15) is 35.9 Å². The van der Waals surface area contributed by atoms with Gasteiger partial charge >= 0.3 is 11.9 Å². The van der Waals surface area contributed by atoms with Gasteiger partial charge in [-0.1, -0.05) is 94.8 Å². The lowest BCUT2D eigenvalue weighted by molar-refractivity contribution is -0.144. The van der Waals surface area contributed by atoms with Gasteiger partial charge in [-0.15, -0.1) is 0 Å². The Morgan fingerprint density at radius 1 is 0.887 bits per heavy atom. The number of allylic oxidation sites excluding steroid dienone is 2. The Labute approximate surface area is 415 Å². The lowest BCUT2D eigenvalue weighted by atomic mass is 9.94. The smallest absolute Gasteiger partial charge is 0.326 e. The Morgan fingerprint density at radius 2 is 1.51 bits per heavy atom. The Hall–Kier alpha value is -7.10. The number of carbonyl (C=O) groups excluding carboxylic acids is 7. The van der Waals surface area contributed by atoms with Crippen molar-refractivity contribution < 1.29 is 58.1 Å². The summed E-state index contributed by atoms with van der Waals surface area (Å²) in [6, 6.07) is 1.08. The largest absolute Gasteiger partial charge is 0.480 e. The lowest BCUT2D eigenvalue weighted by Gasteiger charge is -2.27. The third kappa shape index (κ3) is 20.8. The van der Waals surface area contributed by atoms with Crippen molar-refractivity contribution in [3.8, 4) is 0 Å². The number of aliphatic carboxylic acids is 2. The van der Waals surface area contributed by atoms with E-state index in [1.807, 2.05) is 50.3 Å². The maximum atomic E-state index is 14.3. The zero-order valence-electron chi connectivity index (χ0n) is 42.0. The quantitative estimate of drug-likeness (QED) is 0.0360. The number of amides is 7. The summed E-state index contributed by atoms with van der Waals surface area (Å²) in [4.78, 5) is 125. The van der Waals surface area contributed by atoms with Crippen LogP contribution in [0.2, 0.25) is 0 Å². The van der Waals surface area contributed by atoms with Crippen LogP contribution in [-0.2, 0) is 54.3 Å². The van der Waals surface area contributed by atoms with E-state index in [4.69, 9.17) is 16.2 Å². The molecule has 0 aliphatic carbocycles. The van der Waals surface area contributed by atoms with E-state index in [2.05, 4.69) is 43.5 Å². The fraction of sp³-hybridized carbons (Fsp3) is 0.551. The highest BCUT2D eigenvalue weighted by Crippen LogP contribution is 2.19. The highest BCUT2D eigenvalue weighted by Gasteiger charge is 2.34. The van der Waals surface area contributed by atoms with E-state index in [0.717, 1.165) is 10.5 Å². The molecule has 1 fully saturated rings. The van der Waals surface area contributed by atoms with E-state index in [9.17, 15) is 53.4 Å². The number of ether oxygens (including phenoxy) is 1. The van der Waals surface area contributed by atoms with Crippen LogP contribution in [0.5, 0.6) is 0 Å². The number of hydrogen-bond acceptors (Lipinski definition) is 11. The van der Waals surface area contributed by atoms with E-state index in [0.29, 0.717) is 18.4 Å². The second-order valence-corrected chi connectivity index (χ2v) is 17.9. The molecule has 0 bridgehead atoms. The molecule has 1 aromatic rings. The summed E-state index contributed by atoms with van der Waals surface area (Å²) in [7, 11) is 2.83. The van der Waals surface area contributed by atoms with Crippen molar-refractivity contribution in [1.29, 1.82) is 0 Å². The number of likely N-dealkylation sites (N-methyl/N-ethyl adjacent to an activating group) is 1. The van der Waals surface area contributed by atoms with Gasteiger partial charge in [0.25, 0.3) is 5.91 Å². The summed E-state index contributed by atoms with van der Waals surface area (Å²) in [6.07, 6.45) is 4.39. The summed E-state index contributed by atoms with van der Waals surface area (Å²) in [5.41, 5.74) is 12.4. The van der Waals surface area contributed by atoms with Gasteiger partial charge in [-0.3, -0.25) is 38.6 Å². The number of nitrogens with one attached hydrogen (secondary N) is 6. The molecule has 0 aromatic heterocycles. The minimum atomic E-state index is -1.85. The zero-order valence-corrected chi connectivity index (χ0v) is 42.0. The van der Waals surface area contributed by atoms with Gasteiger partial charge in [0.2, 0.25) is 35.4 Å². The third-order valence-corrected chi connectivity index (χ3v) is 12.1. The van der Waals surface area contributed by atoms with Gasteiger partial charge < -0.3 is 63.2 Å². The van der Waals surface area contributed by atoms with Gasteiger partial charge in [0.15, 0.2) is 5.96 Å². The van der Waals surface area contributed by atoms with Crippen LogP contribution in [0.3, 0.4) is 0 Å². The molecule has 1 aromatic carbocycles. The van der Waals surface area contributed by atoms with Gasteiger partial charge in [0, 0.05) is 33.0 Å². The maximum absolute atomic E-state index is 14.3. The second-order valence-electron chi connectivity index (χ2n) is 17.9. The predicted octanol–water partition coefficient (Wildman–Crippen LogP) is 0.763. The molecule has 0 unspecified atom stereocenters. The van der Waals surface area contributed by atoms with Crippen molar-refractivity contribution >= 4 is 59.2 Å².